The quantitative estimate of drug-likeness (QED) is 0.875. The van der Waals surface area contributed by atoms with Crippen LogP contribution in [-0.4, -0.2) is 55.7 Å². The lowest BCUT2D eigenvalue weighted by atomic mass is 9.89. The first kappa shape index (κ1) is 16.4. The molecular weight excluding hydrogens is 290 g/mol. The molecule has 1 amide bonds. The summed E-state index contributed by atoms with van der Waals surface area (Å²) in [6, 6.07) is 8.24. The van der Waals surface area contributed by atoms with Crippen LogP contribution in [0.5, 0.6) is 0 Å². The molecule has 2 saturated heterocycles. The topological polar surface area (TPSA) is 53.6 Å². The zero-order valence-corrected chi connectivity index (χ0v) is 14.1. The average molecular weight is 317 g/mol. The van der Waals surface area contributed by atoms with E-state index in [9.17, 15) is 4.79 Å². The van der Waals surface area contributed by atoms with Crippen molar-refractivity contribution >= 4 is 5.91 Å². The van der Waals surface area contributed by atoms with Crippen molar-refractivity contribution in [3.05, 3.63) is 35.4 Å². The second-order valence-electron chi connectivity index (χ2n) is 6.94. The Morgan fingerprint density at radius 2 is 2.04 bits per heavy atom. The van der Waals surface area contributed by atoms with Crippen molar-refractivity contribution in [2.75, 3.05) is 33.2 Å². The summed E-state index contributed by atoms with van der Waals surface area (Å²) in [5.74, 6) is -0.00460. The third-order valence-electron chi connectivity index (χ3n) is 4.82. The molecule has 1 aromatic carbocycles. The van der Waals surface area contributed by atoms with E-state index < -0.39 is 0 Å². The maximum absolute atomic E-state index is 12.5. The third kappa shape index (κ3) is 4.10. The number of carbonyl (C=O) groups excluding carboxylic acids is 1. The van der Waals surface area contributed by atoms with Gasteiger partial charge in [-0.05, 0) is 45.5 Å². The van der Waals surface area contributed by atoms with Crippen LogP contribution < -0.4 is 10.6 Å². The van der Waals surface area contributed by atoms with E-state index in [4.69, 9.17) is 4.74 Å². The van der Waals surface area contributed by atoms with Crippen LogP contribution in [0.2, 0.25) is 0 Å². The van der Waals surface area contributed by atoms with Crippen LogP contribution >= 0.6 is 0 Å². The van der Waals surface area contributed by atoms with E-state index in [1.165, 1.54) is 5.56 Å². The predicted molar refractivity (Wildman–Crippen MR) is 90.2 cm³/mol. The molecule has 0 aliphatic carbocycles. The highest BCUT2D eigenvalue weighted by Crippen LogP contribution is 2.29. The maximum atomic E-state index is 12.5. The van der Waals surface area contributed by atoms with Gasteiger partial charge in [0, 0.05) is 19.6 Å². The van der Waals surface area contributed by atoms with Crippen molar-refractivity contribution in [2.45, 2.75) is 38.0 Å². The minimum absolute atomic E-state index is 0.00460. The molecule has 0 bridgehead atoms. The van der Waals surface area contributed by atoms with Gasteiger partial charge in [0.1, 0.15) is 6.10 Å². The van der Waals surface area contributed by atoms with Crippen molar-refractivity contribution in [2.24, 2.45) is 0 Å². The lowest BCUT2D eigenvalue weighted by Gasteiger charge is -2.46. The highest BCUT2D eigenvalue weighted by molar-refractivity contribution is 5.81. The standard InChI is InChI=1S/C18H27N3O2/c1-14-3-5-15(6-4-14)11-20-17(22)16-12-21(2)13-18(23-16)7-9-19-10-8-18/h3-6,16,19H,7-13H2,1-2H3,(H,20,22)/t16-/m0/s1. The molecule has 2 fully saturated rings. The highest BCUT2D eigenvalue weighted by Gasteiger charge is 2.42. The Hall–Kier alpha value is -1.43. The van der Waals surface area contributed by atoms with Crippen LogP contribution in [0.15, 0.2) is 24.3 Å². The molecule has 0 unspecified atom stereocenters. The fourth-order valence-electron chi connectivity index (χ4n) is 3.52. The Labute approximate surface area is 138 Å². The molecule has 1 spiro atoms. The summed E-state index contributed by atoms with van der Waals surface area (Å²) in [6.45, 7) is 6.12. The van der Waals surface area contributed by atoms with Crippen LogP contribution in [0.25, 0.3) is 0 Å². The number of ether oxygens (including phenoxy) is 1. The number of morpholine rings is 1. The monoisotopic (exact) mass is 317 g/mol. The summed E-state index contributed by atoms with van der Waals surface area (Å²) in [7, 11) is 2.08. The zero-order chi connectivity index (χ0) is 16.3. The Kier molecular flexibility index (Phi) is 4.99. The number of benzene rings is 1. The number of nitrogens with one attached hydrogen (secondary N) is 2. The molecule has 2 heterocycles. The summed E-state index contributed by atoms with van der Waals surface area (Å²) in [4.78, 5) is 14.8. The molecule has 5 nitrogen and oxygen atoms in total. The van der Waals surface area contributed by atoms with Crippen molar-refractivity contribution in [3.63, 3.8) is 0 Å². The van der Waals surface area contributed by atoms with Crippen LogP contribution in [0, 0.1) is 6.92 Å². The number of piperidine rings is 1. The van der Waals surface area contributed by atoms with Gasteiger partial charge in [0.15, 0.2) is 0 Å². The molecule has 1 aromatic rings. The smallest absolute Gasteiger partial charge is 0.250 e. The van der Waals surface area contributed by atoms with Crippen LogP contribution in [0.1, 0.15) is 24.0 Å². The second kappa shape index (κ2) is 6.99. The van der Waals surface area contributed by atoms with Crippen LogP contribution in [-0.2, 0) is 16.1 Å². The number of hydrogen-bond donors (Lipinski definition) is 2. The molecule has 2 N–H and O–H groups in total. The normalized spacial score (nSPS) is 24.5. The largest absolute Gasteiger partial charge is 0.359 e. The maximum Gasteiger partial charge on any atom is 0.250 e. The number of aryl methyl sites for hydroxylation is 1. The zero-order valence-electron chi connectivity index (χ0n) is 14.1. The van der Waals surface area contributed by atoms with Crippen molar-refractivity contribution in [1.82, 2.24) is 15.5 Å². The van der Waals surface area contributed by atoms with Gasteiger partial charge < -0.3 is 20.3 Å². The van der Waals surface area contributed by atoms with Crippen molar-refractivity contribution in [1.29, 1.82) is 0 Å². The van der Waals surface area contributed by atoms with E-state index in [2.05, 4.69) is 53.8 Å². The third-order valence-corrected chi connectivity index (χ3v) is 4.82. The average Bonchev–Trinajstić information content (AvgIpc) is 2.54. The first-order valence-corrected chi connectivity index (χ1v) is 8.47. The first-order chi connectivity index (χ1) is 11.1. The van der Waals surface area contributed by atoms with Gasteiger partial charge in [-0.1, -0.05) is 29.8 Å². The molecular formula is C18H27N3O2. The minimum atomic E-state index is -0.378. The number of likely N-dealkylation sites (N-methyl/N-ethyl adjacent to an activating group) is 1. The first-order valence-electron chi connectivity index (χ1n) is 8.47. The Morgan fingerprint density at radius 3 is 2.74 bits per heavy atom. The summed E-state index contributed by atoms with van der Waals surface area (Å²) in [5.41, 5.74) is 2.18. The lowest BCUT2D eigenvalue weighted by Crippen LogP contribution is -2.61. The van der Waals surface area contributed by atoms with E-state index in [0.29, 0.717) is 13.1 Å². The molecule has 5 heteroatoms. The van der Waals surface area contributed by atoms with Gasteiger partial charge in [0.2, 0.25) is 0 Å². The molecule has 2 aliphatic heterocycles. The second-order valence-corrected chi connectivity index (χ2v) is 6.94. The van der Waals surface area contributed by atoms with Crippen molar-refractivity contribution < 1.29 is 9.53 Å². The number of hydrogen-bond acceptors (Lipinski definition) is 4. The van der Waals surface area contributed by atoms with E-state index in [1.54, 1.807) is 0 Å². The summed E-state index contributed by atoms with van der Waals surface area (Å²) < 4.78 is 6.26. The van der Waals surface area contributed by atoms with E-state index in [0.717, 1.165) is 38.0 Å². The number of amides is 1. The lowest BCUT2D eigenvalue weighted by molar-refractivity contribution is -0.176. The Morgan fingerprint density at radius 1 is 1.35 bits per heavy atom. The van der Waals surface area contributed by atoms with Gasteiger partial charge in [0.05, 0.1) is 5.60 Å². The van der Waals surface area contributed by atoms with Crippen LogP contribution in [0.3, 0.4) is 0 Å². The molecule has 3 rings (SSSR count). The fourth-order valence-corrected chi connectivity index (χ4v) is 3.52. The Balaban J connectivity index is 1.58. The fraction of sp³-hybridized carbons (Fsp3) is 0.611. The molecule has 0 radical (unpaired) electrons. The van der Waals surface area contributed by atoms with E-state index in [-0.39, 0.29) is 17.6 Å². The van der Waals surface area contributed by atoms with Gasteiger partial charge in [-0.3, -0.25) is 4.79 Å². The molecule has 23 heavy (non-hydrogen) atoms. The van der Waals surface area contributed by atoms with Gasteiger partial charge in [-0.15, -0.1) is 0 Å². The number of rotatable bonds is 3. The summed E-state index contributed by atoms with van der Waals surface area (Å²) in [6.07, 6.45) is 1.57. The van der Waals surface area contributed by atoms with Crippen LogP contribution in [0.4, 0.5) is 0 Å². The van der Waals surface area contributed by atoms with Gasteiger partial charge >= 0.3 is 0 Å². The molecule has 0 aromatic heterocycles. The molecule has 126 valence electrons. The summed E-state index contributed by atoms with van der Waals surface area (Å²) >= 11 is 0. The van der Waals surface area contributed by atoms with Gasteiger partial charge in [-0.25, -0.2) is 0 Å². The Bertz CT molecular complexity index is 538. The van der Waals surface area contributed by atoms with E-state index >= 15 is 0 Å². The molecule has 2 aliphatic rings. The molecule has 0 saturated carbocycles. The highest BCUT2D eigenvalue weighted by atomic mass is 16.5. The number of carbonyl (C=O) groups is 1. The van der Waals surface area contributed by atoms with E-state index in [1.807, 2.05) is 0 Å². The minimum Gasteiger partial charge on any atom is -0.359 e. The van der Waals surface area contributed by atoms with Crippen molar-refractivity contribution in [3.8, 4) is 0 Å². The summed E-state index contributed by atoms with van der Waals surface area (Å²) in [5, 5.41) is 6.39. The molecule has 1 atom stereocenters. The van der Waals surface area contributed by atoms with Gasteiger partial charge in [-0.2, -0.15) is 0 Å². The SMILES string of the molecule is Cc1ccc(CNC(=O)[C@@H]2CN(C)CC3(CCNCC3)O2)cc1. The predicted octanol–water partition coefficient (Wildman–Crippen LogP) is 1.06. The van der Waals surface area contributed by atoms with Gasteiger partial charge in [0.25, 0.3) is 5.91 Å². The number of nitrogens with zero attached hydrogens (tertiary/aromatic N) is 1.